The molecule has 0 aliphatic carbocycles. The number of hydrogen-bond donors (Lipinski definition) is 2. The van der Waals surface area contributed by atoms with E-state index >= 15 is 0 Å². The second-order valence-corrected chi connectivity index (χ2v) is 12.7. The number of nitrogens with one attached hydrogen (secondary N) is 1. The predicted molar refractivity (Wildman–Crippen MR) is 156 cm³/mol. The largest absolute Gasteiger partial charge is 0.497 e. The summed E-state index contributed by atoms with van der Waals surface area (Å²) in [4.78, 5) is 18.3. The zero-order valence-corrected chi connectivity index (χ0v) is 24.0. The maximum atomic E-state index is 13.6. The summed E-state index contributed by atoms with van der Waals surface area (Å²) >= 11 is 0. The van der Waals surface area contributed by atoms with E-state index in [2.05, 4.69) is 5.32 Å². The molecule has 206 valence electrons. The number of benzene rings is 2. The van der Waals surface area contributed by atoms with E-state index in [4.69, 9.17) is 9.72 Å². The van der Waals surface area contributed by atoms with Crippen molar-refractivity contribution < 1.29 is 18.8 Å². The summed E-state index contributed by atoms with van der Waals surface area (Å²) in [6.07, 6.45) is 4.40. The van der Waals surface area contributed by atoms with E-state index in [1.807, 2.05) is 92.7 Å². The number of aliphatic hydroxyl groups is 1. The fourth-order valence-corrected chi connectivity index (χ4v) is 6.24. The van der Waals surface area contributed by atoms with Crippen molar-refractivity contribution in [2.75, 3.05) is 13.7 Å². The van der Waals surface area contributed by atoms with Crippen LogP contribution in [0.4, 0.5) is 0 Å². The number of methoxy groups -OCH3 is 1. The van der Waals surface area contributed by atoms with Crippen LogP contribution in [0.1, 0.15) is 72.9 Å². The fraction of sp³-hybridized carbons (Fsp3) is 0.355. The fourth-order valence-electron chi connectivity index (χ4n) is 4.84. The molecule has 0 saturated heterocycles. The van der Waals surface area contributed by atoms with Crippen LogP contribution in [0.3, 0.4) is 0 Å². The minimum atomic E-state index is -1.32. The number of hydrogen-bond acceptors (Lipinski definition) is 5. The van der Waals surface area contributed by atoms with Crippen LogP contribution in [0.15, 0.2) is 60.7 Å². The van der Waals surface area contributed by atoms with Gasteiger partial charge in [-0.2, -0.15) is 0 Å². The third-order valence-electron chi connectivity index (χ3n) is 6.63. The highest BCUT2D eigenvalue weighted by Gasteiger charge is 2.40. The van der Waals surface area contributed by atoms with Crippen molar-refractivity contribution in [3.8, 4) is 17.0 Å². The zero-order valence-electron chi connectivity index (χ0n) is 23.2. The molecule has 0 radical (unpaired) electrons. The quantitative estimate of drug-likeness (QED) is 0.373. The first-order valence-corrected chi connectivity index (χ1v) is 14.2. The van der Waals surface area contributed by atoms with Gasteiger partial charge in [0.25, 0.3) is 5.91 Å². The monoisotopic (exact) mass is 547 g/mol. The third kappa shape index (κ3) is 6.46. The van der Waals surface area contributed by atoms with E-state index in [0.717, 1.165) is 33.6 Å². The molecule has 0 spiro atoms. The molecule has 0 saturated carbocycles. The average molecular weight is 548 g/mol. The Balaban J connectivity index is 1.78. The topological polar surface area (TPSA) is 91.8 Å². The molecule has 2 N–H and O–H groups in total. The van der Waals surface area contributed by atoms with Crippen molar-refractivity contribution in [2.45, 2.75) is 58.0 Å². The van der Waals surface area contributed by atoms with Gasteiger partial charge in [-0.05, 0) is 75.1 Å². The minimum absolute atomic E-state index is 0.0528. The van der Waals surface area contributed by atoms with Crippen LogP contribution in [0, 0.1) is 0 Å². The summed E-state index contributed by atoms with van der Waals surface area (Å²) in [6.45, 7) is 8.48. The summed E-state index contributed by atoms with van der Waals surface area (Å²) in [5, 5.41) is 12.9. The van der Waals surface area contributed by atoms with E-state index in [-0.39, 0.29) is 18.6 Å². The maximum Gasteiger partial charge on any atom is 0.270 e. The van der Waals surface area contributed by atoms with E-state index in [9.17, 15) is 14.1 Å². The SMILES string of the molecule is CC=Cc1cccc(-c2nc(C(=O)NCc3cccc(OC)c3)cc3c2[C@H](CCO)N([S@@](=O)C(C)(C)C)C3)c1. The Morgan fingerprint density at radius 3 is 2.67 bits per heavy atom. The first-order valence-electron chi connectivity index (χ1n) is 13.1. The predicted octanol–water partition coefficient (Wildman–Crippen LogP) is 5.42. The van der Waals surface area contributed by atoms with Crippen LogP contribution >= 0.6 is 0 Å². The molecule has 7 nitrogen and oxygen atoms in total. The van der Waals surface area contributed by atoms with Gasteiger partial charge in [-0.3, -0.25) is 4.79 Å². The number of pyridine rings is 1. The molecule has 1 amide bonds. The summed E-state index contributed by atoms with van der Waals surface area (Å²) in [5.41, 5.74) is 5.60. The number of aliphatic hydroxyl groups excluding tert-OH is 1. The van der Waals surface area contributed by atoms with Crippen LogP contribution in [0.5, 0.6) is 5.75 Å². The van der Waals surface area contributed by atoms with Gasteiger partial charge >= 0.3 is 0 Å². The molecular weight excluding hydrogens is 510 g/mol. The Labute approximate surface area is 233 Å². The second-order valence-electron chi connectivity index (χ2n) is 10.6. The molecule has 0 fully saturated rings. The number of rotatable bonds is 9. The first kappa shape index (κ1) is 28.7. The number of amides is 1. The van der Waals surface area contributed by atoms with E-state index in [1.54, 1.807) is 13.2 Å². The molecule has 1 aliphatic rings. The van der Waals surface area contributed by atoms with Crippen LogP contribution in [0.2, 0.25) is 0 Å². The average Bonchev–Trinajstić information content (AvgIpc) is 3.29. The maximum absolute atomic E-state index is 13.6. The van der Waals surface area contributed by atoms with Crippen LogP contribution in [0.25, 0.3) is 17.3 Å². The van der Waals surface area contributed by atoms with Gasteiger partial charge in [-0.1, -0.05) is 42.5 Å². The molecular formula is C31H37N3O4S. The third-order valence-corrected chi connectivity index (χ3v) is 8.49. The van der Waals surface area contributed by atoms with E-state index < -0.39 is 15.7 Å². The Kier molecular flexibility index (Phi) is 9.00. The summed E-state index contributed by atoms with van der Waals surface area (Å²) in [5.74, 6) is 0.433. The normalized spacial score (nSPS) is 16.3. The minimum Gasteiger partial charge on any atom is -0.497 e. The summed E-state index contributed by atoms with van der Waals surface area (Å²) < 4.78 is 20.3. The Morgan fingerprint density at radius 2 is 1.97 bits per heavy atom. The van der Waals surface area contributed by atoms with Crippen LogP contribution in [-0.4, -0.2) is 43.0 Å². The van der Waals surface area contributed by atoms with Crippen LogP contribution < -0.4 is 10.1 Å². The van der Waals surface area contributed by atoms with Crippen molar-refractivity contribution in [1.82, 2.24) is 14.6 Å². The highest BCUT2D eigenvalue weighted by molar-refractivity contribution is 7.84. The lowest BCUT2D eigenvalue weighted by Gasteiger charge is -2.30. The standard InChI is InChI=1S/C31H37N3O4S/c1-6-9-21-10-7-12-23(16-21)29-28-24(20-34(27(28)14-15-35)39(37)31(2,3)4)18-26(33-29)30(36)32-19-22-11-8-13-25(17-22)38-5/h6-13,16-18,27,35H,14-15,19-20H2,1-5H3,(H,32,36)/t27-,39-/m0/s1. The van der Waals surface area contributed by atoms with Gasteiger partial charge in [0.1, 0.15) is 22.4 Å². The van der Waals surface area contributed by atoms with Crippen molar-refractivity contribution >= 4 is 23.0 Å². The number of ether oxygens (including phenoxy) is 1. The Bertz CT molecular complexity index is 1400. The van der Waals surface area contributed by atoms with E-state index in [0.29, 0.717) is 30.9 Å². The molecule has 1 aromatic heterocycles. The number of carbonyl (C=O) groups is 1. The lowest BCUT2D eigenvalue weighted by Crippen LogP contribution is -2.36. The molecule has 39 heavy (non-hydrogen) atoms. The van der Waals surface area contributed by atoms with Crippen molar-refractivity contribution in [3.05, 3.63) is 88.6 Å². The van der Waals surface area contributed by atoms with Gasteiger partial charge in [0, 0.05) is 30.8 Å². The highest BCUT2D eigenvalue weighted by atomic mass is 32.2. The lowest BCUT2D eigenvalue weighted by molar-refractivity contribution is 0.0946. The summed E-state index contributed by atoms with van der Waals surface area (Å²) in [6, 6.07) is 17.1. The lowest BCUT2D eigenvalue weighted by atomic mass is 9.95. The molecule has 1 aliphatic heterocycles. The first-order chi connectivity index (χ1) is 18.7. The molecule has 2 heterocycles. The Hall–Kier alpha value is -3.33. The highest BCUT2D eigenvalue weighted by Crippen LogP contribution is 2.44. The molecule has 2 atom stereocenters. The van der Waals surface area contributed by atoms with Gasteiger partial charge in [-0.15, -0.1) is 0 Å². The van der Waals surface area contributed by atoms with Gasteiger partial charge in [0.05, 0.1) is 23.6 Å². The van der Waals surface area contributed by atoms with Gasteiger partial charge in [0.2, 0.25) is 0 Å². The molecule has 3 aromatic rings. The van der Waals surface area contributed by atoms with Crippen LogP contribution in [-0.2, 0) is 24.1 Å². The smallest absolute Gasteiger partial charge is 0.270 e. The molecule has 0 bridgehead atoms. The van der Waals surface area contributed by atoms with Crippen molar-refractivity contribution in [3.63, 3.8) is 0 Å². The zero-order chi connectivity index (χ0) is 28.2. The molecule has 4 rings (SSSR count). The van der Waals surface area contributed by atoms with Gasteiger partial charge in [0.15, 0.2) is 0 Å². The van der Waals surface area contributed by atoms with Gasteiger partial charge in [-0.25, -0.2) is 13.5 Å². The molecule has 0 unspecified atom stereocenters. The van der Waals surface area contributed by atoms with Crippen molar-refractivity contribution in [2.24, 2.45) is 0 Å². The van der Waals surface area contributed by atoms with Crippen molar-refractivity contribution in [1.29, 1.82) is 0 Å². The molecule has 2 aromatic carbocycles. The Morgan fingerprint density at radius 1 is 1.21 bits per heavy atom. The number of nitrogens with zero attached hydrogens (tertiary/aromatic N) is 2. The number of fused-ring (bicyclic) bond motifs is 1. The van der Waals surface area contributed by atoms with E-state index in [1.165, 1.54) is 0 Å². The summed E-state index contributed by atoms with van der Waals surface area (Å²) in [7, 11) is 0.290. The number of carbonyl (C=O) groups excluding carboxylic acids is 1. The second kappa shape index (κ2) is 12.2. The number of aromatic nitrogens is 1. The van der Waals surface area contributed by atoms with Gasteiger partial charge < -0.3 is 15.2 Å². The number of allylic oxidation sites excluding steroid dienone is 1. The molecule has 8 heteroatoms.